The summed E-state index contributed by atoms with van der Waals surface area (Å²) >= 11 is 0. The molecule has 0 aromatic heterocycles. The minimum absolute atomic E-state index is 0.0157. The van der Waals surface area contributed by atoms with Gasteiger partial charge in [-0.3, -0.25) is 24.5 Å². The molecule has 2 aromatic carbocycles. The molecule has 3 saturated heterocycles. The number of benzene rings is 2. The molecule has 5 fully saturated rings. The van der Waals surface area contributed by atoms with E-state index in [-0.39, 0.29) is 42.3 Å². The van der Waals surface area contributed by atoms with Crippen LogP contribution >= 0.6 is 0 Å². The fraction of sp³-hybridized carbons (Fsp3) is 0.591. The first kappa shape index (κ1) is 41.8. The zero-order valence-electron chi connectivity index (χ0n) is 33.3. The van der Waals surface area contributed by atoms with Crippen LogP contribution in [-0.4, -0.2) is 115 Å². The highest BCUT2D eigenvalue weighted by atomic mass is 16.5. The average molecular weight is 787 g/mol. The predicted octanol–water partition coefficient (Wildman–Crippen LogP) is 4.46. The molecule has 13 heteroatoms. The van der Waals surface area contributed by atoms with Gasteiger partial charge in [0.05, 0.1) is 12.6 Å². The van der Waals surface area contributed by atoms with E-state index in [1.165, 1.54) is 9.80 Å². The number of carbonyl (C=O) groups excluding carboxylic acids is 4. The Hall–Kier alpha value is -4.78. The Kier molecular flexibility index (Phi) is 13.7. The lowest BCUT2D eigenvalue weighted by atomic mass is 9.97. The molecular weight excluding hydrogens is 729 g/mol. The van der Waals surface area contributed by atoms with Crippen molar-refractivity contribution in [1.82, 2.24) is 20.0 Å². The third-order valence-electron chi connectivity index (χ3n) is 12.9. The smallest absolute Gasteiger partial charge is 0.328 e. The average Bonchev–Trinajstić information content (AvgIpc) is 4.00. The quantitative estimate of drug-likeness (QED) is 0.232. The first-order chi connectivity index (χ1) is 27.4. The van der Waals surface area contributed by atoms with Gasteiger partial charge in [-0.2, -0.15) is 0 Å². The van der Waals surface area contributed by atoms with E-state index in [4.69, 9.17) is 4.74 Å². The van der Waals surface area contributed by atoms with E-state index in [1.807, 2.05) is 65.6 Å². The van der Waals surface area contributed by atoms with Crippen LogP contribution in [0.5, 0.6) is 0 Å². The number of amides is 3. The lowest BCUT2D eigenvalue weighted by Crippen LogP contribution is -2.66. The fourth-order valence-electron chi connectivity index (χ4n) is 10.2. The summed E-state index contributed by atoms with van der Waals surface area (Å²) in [6.07, 6.45) is 9.23. The number of rotatable bonds is 14. The molecule has 3 heterocycles. The largest absolute Gasteiger partial charge is 0.480 e. The second-order valence-corrected chi connectivity index (χ2v) is 16.4. The van der Waals surface area contributed by atoms with Gasteiger partial charge in [-0.15, -0.1) is 0 Å². The molecule has 5 aliphatic rings. The number of piperazine rings is 1. The lowest BCUT2D eigenvalue weighted by Gasteiger charge is -2.45. The van der Waals surface area contributed by atoms with E-state index in [0.29, 0.717) is 38.0 Å². The van der Waals surface area contributed by atoms with Gasteiger partial charge in [0, 0.05) is 12.1 Å². The van der Waals surface area contributed by atoms with E-state index in [1.54, 1.807) is 20.8 Å². The Morgan fingerprint density at radius 1 is 0.807 bits per heavy atom. The van der Waals surface area contributed by atoms with E-state index in [0.717, 1.165) is 56.1 Å². The van der Waals surface area contributed by atoms with Crippen LogP contribution in [0, 0.1) is 11.8 Å². The highest BCUT2D eigenvalue weighted by Crippen LogP contribution is 2.45. The van der Waals surface area contributed by atoms with Gasteiger partial charge < -0.3 is 29.6 Å². The van der Waals surface area contributed by atoms with Crippen molar-refractivity contribution in [3.63, 3.8) is 0 Å². The number of hydrogen-bond acceptors (Lipinski definition) is 8. The van der Waals surface area contributed by atoms with Gasteiger partial charge in [0.15, 0.2) is 0 Å². The first-order valence-corrected chi connectivity index (χ1v) is 20.8. The molecule has 2 saturated carbocycles. The van der Waals surface area contributed by atoms with Crippen LogP contribution in [-0.2, 0) is 46.3 Å². The zero-order valence-corrected chi connectivity index (χ0v) is 33.3. The molecule has 2 aromatic rings. The number of fused-ring (bicyclic) bond motifs is 4. The number of aryl methyl sites for hydroxylation is 2. The summed E-state index contributed by atoms with van der Waals surface area (Å²) in [6.45, 7) is 5.40. The second kappa shape index (κ2) is 18.7. The first-order valence-electron chi connectivity index (χ1n) is 20.8. The maximum atomic E-state index is 13.5. The fourth-order valence-corrected chi connectivity index (χ4v) is 10.2. The van der Waals surface area contributed by atoms with E-state index < -0.39 is 54.2 Å². The van der Waals surface area contributed by atoms with Crippen LogP contribution < -0.4 is 5.32 Å². The summed E-state index contributed by atoms with van der Waals surface area (Å²) in [5.74, 6) is -2.15. The molecule has 3 amide bonds. The standard InChI is InChI=1S/C23H30N2O4.C21H28N2O5/c1-3-29-23(28)19(13-12-16-8-5-4-6-9-16)24-15(2)21(26)25-18-11-7-10-17(18)14-20(25)22(24)27;1-13(22-16(20(25)26)11-10-14-6-3-2-4-7-14)19(24)23-17-9-5-8-15(17)12-18(23)21(27)28/h4-6,8-9,15,17-20H,3,7,10-14H2,1-2H3;2-4,6-7,13,15-18,22H,5,8-12H2,1H3,(H,25,26)(H,27,28)/t15-,17-,18-,19-,20-;13-,15-,16-,17-,18-/m00/s1. The molecule has 10 atom stereocenters. The Bertz CT molecular complexity index is 1760. The summed E-state index contributed by atoms with van der Waals surface area (Å²) in [4.78, 5) is 80.8. The summed E-state index contributed by atoms with van der Waals surface area (Å²) in [5, 5.41) is 22.0. The maximum Gasteiger partial charge on any atom is 0.328 e. The van der Waals surface area contributed by atoms with Gasteiger partial charge in [0.1, 0.15) is 30.2 Å². The van der Waals surface area contributed by atoms with Gasteiger partial charge in [-0.1, -0.05) is 73.5 Å². The number of hydrogen-bond donors (Lipinski definition) is 3. The molecule has 13 nitrogen and oxygen atoms in total. The summed E-state index contributed by atoms with van der Waals surface area (Å²) in [6, 6.07) is 15.4. The van der Waals surface area contributed by atoms with Crippen molar-refractivity contribution in [2.45, 2.75) is 146 Å². The Labute approximate surface area is 335 Å². The molecule has 0 unspecified atom stereocenters. The third-order valence-corrected chi connectivity index (χ3v) is 12.9. The predicted molar refractivity (Wildman–Crippen MR) is 211 cm³/mol. The number of esters is 1. The SMILES string of the molecule is CCOC(=O)[C@H](CCc1ccccc1)N1C(=O)[C@@H]2C[C@@H]3CCC[C@@H]3N2C(=O)[C@@H]1C.C[C@H](N[C@@H](CCc1ccccc1)C(=O)O)C(=O)N1[C@H](C(=O)O)C[C@@H]2CCC[C@@H]21. The molecule has 3 aliphatic heterocycles. The second-order valence-electron chi connectivity index (χ2n) is 16.4. The third kappa shape index (κ3) is 9.19. The van der Waals surface area contributed by atoms with Crippen molar-refractivity contribution >= 4 is 35.6 Å². The van der Waals surface area contributed by atoms with E-state index in [9.17, 15) is 39.0 Å². The van der Waals surface area contributed by atoms with Crippen LogP contribution in [0.2, 0.25) is 0 Å². The molecule has 308 valence electrons. The summed E-state index contributed by atoms with van der Waals surface area (Å²) in [7, 11) is 0. The molecule has 57 heavy (non-hydrogen) atoms. The molecule has 2 aliphatic carbocycles. The molecule has 0 radical (unpaired) electrons. The van der Waals surface area contributed by atoms with Crippen LogP contribution in [0.25, 0.3) is 0 Å². The van der Waals surface area contributed by atoms with Gasteiger partial charge in [-0.25, -0.2) is 9.59 Å². The van der Waals surface area contributed by atoms with Crippen LogP contribution in [0.15, 0.2) is 60.7 Å². The van der Waals surface area contributed by atoms with Gasteiger partial charge >= 0.3 is 17.9 Å². The van der Waals surface area contributed by atoms with E-state index in [2.05, 4.69) is 5.32 Å². The summed E-state index contributed by atoms with van der Waals surface area (Å²) < 4.78 is 5.31. The molecular formula is C44H58N4O9. The van der Waals surface area contributed by atoms with Crippen LogP contribution in [0.1, 0.15) is 96.1 Å². The molecule has 0 spiro atoms. The Morgan fingerprint density at radius 2 is 1.39 bits per heavy atom. The molecule has 7 rings (SSSR count). The van der Waals surface area contributed by atoms with Gasteiger partial charge in [0.25, 0.3) is 0 Å². The minimum Gasteiger partial charge on any atom is -0.480 e. The molecule has 3 N–H and O–H groups in total. The minimum atomic E-state index is -1.01. The lowest BCUT2D eigenvalue weighted by molar-refractivity contribution is -0.170. The number of carbonyl (C=O) groups is 6. The highest BCUT2D eigenvalue weighted by Gasteiger charge is 2.56. The number of carboxylic acid groups (broad SMARTS) is 2. The van der Waals surface area contributed by atoms with Gasteiger partial charge in [0.2, 0.25) is 17.7 Å². The van der Waals surface area contributed by atoms with Crippen molar-refractivity contribution in [3.05, 3.63) is 71.8 Å². The molecule has 0 bridgehead atoms. The van der Waals surface area contributed by atoms with Crippen LogP contribution in [0.4, 0.5) is 0 Å². The van der Waals surface area contributed by atoms with Crippen molar-refractivity contribution in [1.29, 1.82) is 0 Å². The van der Waals surface area contributed by atoms with E-state index >= 15 is 0 Å². The normalized spacial score (nSPS) is 27.8. The number of aliphatic carboxylic acids is 2. The van der Waals surface area contributed by atoms with Crippen molar-refractivity contribution < 1.29 is 43.7 Å². The highest BCUT2D eigenvalue weighted by molar-refractivity contribution is 5.99. The number of carboxylic acids is 2. The monoisotopic (exact) mass is 786 g/mol. The number of nitrogens with one attached hydrogen (secondary N) is 1. The number of ether oxygens (including phenoxy) is 1. The summed E-state index contributed by atoms with van der Waals surface area (Å²) in [5.41, 5.74) is 2.14. The number of nitrogens with zero attached hydrogens (tertiary/aromatic N) is 3. The van der Waals surface area contributed by atoms with Gasteiger partial charge in [-0.05, 0) is 108 Å². The maximum absolute atomic E-state index is 13.5. The van der Waals surface area contributed by atoms with Crippen molar-refractivity contribution in [2.75, 3.05) is 6.61 Å². The Balaban J connectivity index is 0.000000193. The van der Waals surface area contributed by atoms with Crippen LogP contribution in [0.3, 0.4) is 0 Å². The topological polar surface area (TPSA) is 174 Å². The van der Waals surface area contributed by atoms with Crippen molar-refractivity contribution in [2.24, 2.45) is 11.8 Å². The Morgan fingerprint density at radius 3 is 1.96 bits per heavy atom. The number of likely N-dealkylation sites (tertiary alicyclic amines) is 1. The zero-order chi connectivity index (χ0) is 40.8. The van der Waals surface area contributed by atoms with Crippen molar-refractivity contribution in [3.8, 4) is 0 Å².